The van der Waals surface area contributed by atoms with Crippen molar-refractivity contribution in [2.75, 3.05) is 32.7 Å². The first kappa shape index (κ1) is 21.8. The molecule has 2 heterocycles. The number of likely N-dealkylation sites (tertiary alicyclic amines) is 2. The summed E-state index contributed by atoms with van der Waals surface area (Å²) in [4.78, 5) is 44.7. The Kier molecular flexibility index (Phi) is 6.93. The van der Waals surface area contributed by atoms with Gasteiger partial charge >= 0.3 is 0 Å². The molecule has 3 aliphatic rings. The Morgan fingerprint density at radius 3 is 2.26 bits per heavy atom. The van der Waals surface area contributed by atoms with Gasteiger partial charge in [-0.25, -0.2) is 0 Å². The second kappa shape index (κ2) is 9.84. The molecule has 2 saturated heterocycles. The number of carbonyl (C=O) groups is 3. The molecule has 3 fully saturated rings. The zero-order chi connectivity index (χ0) is 21.8. The predicted octanol–water partition coefficient (Wildman–Crippen LogP) is 3.18. The molecule has 1 aromatic carbocycles. The number of benzene rings is 1. The molecule has 0 bridgehead atoms. The van der Waals surface area contributed by atoms with Crippen LogP contribution < -0.4 is 0 Å². The van der Waals surface area contributed by atoms with Crippen molar-refractivity contribution in [1.29, 1.82) is 0 Å². The average molecular weight is 426 g/mol. The van der Waals surface area contributed by atoms with Crippen LogP contribution in [0.5, 0.6) is 0 Å². The predicted molar refractivity (Wildman–Crippen MR) is 119 cm³/mol. The smallest absolute Gasteiger partial charge is 0.253 e. The molecular formula is C25H35N3O3. The van der Waals surface area contributed by atoms with Crippen LogP contribution in [-0.4, -0.2) is 71.2 Å². The minimum Gasteiger partial charge on any atom is -0.342 e. The van der Waals surface area contributed by atoms with Crippen molar-refractivity contribution in [3.05, 3.63) is 35.9 Å². The molecule has 2 aliphatic heterocycles. The van der Waals surface area contributed by atoms with E-state index in [0.29, 0.717) is 19.6 Å². The van der Waals surface area contributed by atoms with Gasteiger partial charge in [-0.15, -0.1) is 0 Å². The van der Waals surface area contributed by atoms with Crippen LogP contribution in [0.4, 0.5) is 0 Å². The Hall–Kier alpha value is -2.37. The molecule has 0 N–H and O–H groups in total. The SMILES string of the molecule is CCCN(C(=O)C1CCCN(C(=O)C2CC2)C1)C1CCN(C(=O)c2ccccc2)CC1. The number of hydrogen-bond donors (Lipinski definition) is 0. The first-order chi connectivity index (χ1) is 15.1. The molecule has 0 aromatic heterocycles. The van der Waals surface area contributed by atoms with E-state index in [1.54, 1.807) is 0 Å². The lowest BCUT2D eigenvalue weighted by Gasteiger charge is -2.41. The van der Waals surface area contributed by atoms with Crippen molar-refractivity contribution >= 4 is 17.7 Å². The number of nitrogens with zero attached hydrogens (tertiary/aromatic N) is 3. The van der Waals surface area contributed by atoms with E-state index in [0.717, 1.165) is 63.6 Å². The van der Waals surface area contributed by atoms with Gasteiger partial charge in [0.2, 0.25) is 11.8 Å². The topological polar surface area (TPSA) is 60.9 Å². The van der Waals surface area contributed by atoms with Gasteiger partial charge in [-0.1, -0.05) is 25.1 Å². The van der Waals surface area contributed by atoms with E-state index < -0.39 is 0 Å². The van der Waals surface area contributed by atoms with Crippen LogP contribution in [0.25, 0.3) is 0 Å². The zero-order valence-corrected chi connectivity index (χ0v) is 18.7. The van der Waals surface area contributed by atoms with Gasteiger partial charge in [0.25, 0.3) is 5.91 Å². The molecule has 1 aliphatic carbocycles. The van der Waals surface area contributed by atoms with Gasteiger partial charge in [-0.05, 0) is 57.1 Å². The average Bonchev–Trinajstić information content (AvgIpc) is 3.67. The van der Waals surface area contributed by atoms with Crippen LogP contribution >= 0.6 is 0 Å². The lowest BCUT2D eigenvalue weighted by molar-refractivity contribution is -0.143. The van der Waals surface area contributed by atoms with Crippen LogP contribution in [0, 0.1) is 11.8 Å². The van der Waals surface area contributed by atoms with Gasteiger partial charge in [0, 0.05) is 50.2 Å². The molecule has 168 valence electrons. The molecule has 1 saturated carbocycles. The van der Waals surface area contributed by atoms with Crippen molar-refractivity contribution in [3.8, 4) is 0 Å². The Bertz CT molecular complexity index is 784. The lowest BCUT2D eigenvalue weighted by Crippen LogP contribution is -2.53. The highest BCUT2D eigenvalue weighted by atomic mass is 16.2. The van der Waals surface area contributed by atoms with Crippen LogP contribution in [0.3, 0.4) is 0 Å². The molecule has 1 aromatic rings. The first-order valence-electron chi connectivity index (χ1n) is 12.0. The maximum atomic E-state index is 13.5. The zero-order valence-electron chi connectivity index (χ0n) is 18.7. The van der Waals surface area contributed by atoms with E-state index in [2.05, 4.69) is 11.8 Å². The summed E-state index contributed by atoms with van der Waals surface area (Å²) >= 11 is 0. The second-order valence-corrected chi connectivity index (χ2v) is 9.32. The van der Waals surface area contributed by atoms with Crippen LogP contribution in [0.15, 0.2) is 30.3 Å². The van der Waals surface area contributed by atoms with E-state index in [1.165, 1.54) is 0 Å². The van der Waals surface area contributed by atoms with E-state index in [1.807, 2.05) is 40.1 Å². The summed E-state index contributed by atoms with van der Waals surface area (Å²) < 4.78 is 0. The third-order valence-electron chi connectivity index (χ3n) is 6.97. The molecular weight excluding hydrogens is 390 g/mol. The Morgan fingerprint density at radius 1 is 0.903 bits per heavy atom. The summed E-state index contributed by atoms with van der Waals surface area (Å²) in [5, 5.41) is 0. The van der Waals surface area contributed by atoms with Crippen LogP contribution in [0.1, 0.15) is 62.2 Å². The van der Waals surface area contributed by atoms with Gasteiger partial charge < -0.3 is 14.7 Å². The van der Waals surface area contributed by atoms with Gasteiger partial charge in [0.1, 0.15) is 0 Å². The normalized spacial score (nSPS) is 22.3. The monoisotopic (exact) mass is 425 g/mol. The lowest BCUT2D eigenvalue weighted by atomic mass is 9.93. The summed E-state index contributed by atoms with van der Waals surface area (Å²) in [6.45, 7) is 5.61. The molecule has 3 amide bonds. The number of hydrogen-bond acceptors (Lipinski definition) is 3. The standard InChI is InChI=1S/C25H35N3O3/c1-2-14-28(25(31)21-9-6-15-27(18-21)24(30)20-10-11-20)22-12-16-26(17-13-22)23(29)19-7-4-3-5-8-19/h3-5,7-8,20-22H,2,6,9-18H2,1H3. The van der Waals surface area contributed by atoms with Gasteiger partial charge in [0.15, 0.2) is 0 Å². The van der Waals surface area contributed by atoms with Crippen LogP contribution in [-0.2, 0) is 9.59 Å². The molecule has 1 unspecified atom stereocenters. The van der Waals surface area contributed by atoms with Crippen molar-refractivity contribution in [3.63, 3.8) is 0 Å². The third-order valence-corrected chi connectivity index (χ3v) is 6.97. The fourth-order valence-corrected chi connectivity index (χ4v) is 5.06. The summed E-state index contributed by atoms with van der Waals surface area (Å²) in [6, 6.07) is 9.60. The van der Waals surface area contributed by atoms with Crippen molar-refractivity contribution < 1.29 is 14.4 Å². The minimum atomic E-state index is -0.0769. The largest absolute Gasteiger partial charge is 0.342 e. The summed E-state index contributed by atoms with van der Waals surface area (Å²) in [6.07, 6.45) is 6.37. The number of amides is 3. The Balaban J connectivity index is 1.35. The number of carbonyl (C=O) groups excluding carboxylic acids is 3. The van der Waals surface area contributed by atoms with E-state index in [4.69, 9.17) is 0 Å². The minimum absolute atomic E-state index is 0.0769. The Labute approximate surface area is 185 Å². The van der Waals surface area contributed by atoms with E-state index in [9.17, 15) is 14.4 Å². The van der Waals surface area contributed by atoms with Crippen LogP contribution in [0.2, 0.25) is 0 Å². The maximum absolute atomic E-state index is 13.5. The maximum Gasteiger partial charge on any atom is 0.253 e. The quantitative estimate of drug-likeness (QED) is 0.703. The molecule has 31 heavy (non-hydrogen) atoms. The highest BCUT2D eigenvalue weighted by molar-refractivity contribution is 5.94. The first-order valence-corrected chi connectivity index (χ1v) is 12.0. The summed E-state index contributed by atoms with van der Waals surface area (Å²) in [5.41, 5.74) is 0.727. The highest BCUT2D eigenvalue weighted by Gasteiger charge is 2.39. The van der Waals surface area contributed by atoms with Crippen molar-refractivity contribution in [2.45, 2.75) is 57.9 Å². The van der Waals surface area contributed by atoms with E-state index in [-0.39, 0.29) is 35.6 Å². The molecule has 1 atom stereocenters. The van der Waals surface area contributed by atoms with Crippen molar-refractivity contribution in [2.24, 2.45) is 11.8 Å². The fraction of sp³-hybridized carbons (Fsp3) is 0.640. The number of piperidine rings is 2. The fourth-order valence-electron chi connectivity index (χ4n) is 5.06. The second-order valence-electron chi connectivity index (χ2n) is 9.32. The molecule has 0 radical (unpaired) electrons. The van der Waals surface area contributed by atoms with Crippen molar-refractivity contribution in [1.82, 2.24) is 14.7 Å². The Morgan fingerprint density at radius 2 is 1.61 bits per heavy atom. The summed E-state index contributed by atoms with van der Waals surface area (Å²) in [7, 11) is 0. The molecule has 6 nitrogen and oxygen atoms in total. The molecule has 4 rings (SSSR count). The van der Waals surface area contributed by atoms with E-state index >= 15 is 0 Å². The molecule has 6 heteroatoms. The highest BCUT2D eigenvalue weighted by Crippen LogP contribution is 2.33. The summed E-state index contributed by atoms with van der Waals surface area (Å²) in [5.74, 6) is 0.684. The van der Waals surface area contributed by atoms with Gasteiger partial charge in [0.05, 0.1) is 5.92 Å². The van der Waals surface area contributed by atoms with Gasteiger partial charge in [-0.3, -0.25) is 14.4 Å². The number of rotatable bonds is 6. The molecule has 0 spiro atoms. The third kappa shape index (κ3) is 5.10. The van der Waals surface area contributed by atoms with Gasteiger partial charge in [-0.2, -0.15) is 0 Å².